The Morgan fingerprint density at radius 1 is 1.05 bits per heavy atom. The molecule has 0 aromatic heterocycles. The molecule has 10 heteroatoms. The zero-order valence-electron chi connectivity index (χ0n) is 23.6. The van der Waals surface area contributed by atoms with Crippen molar-refractivity contribution in [2.75, 3.05) is 33.8 Å². The van der Waals surface area contributed by atoms with Crippen LogP contribution in [0, 0.1) is 11.8 Å². The molecular weight excluding hydrogens is 486 g/mol. The Bertz CT molecular complexity index is 949. The van der Waals surface area contributed by atoms with Gasteiger partial charge in [-0.25, -0.2) is 0 Å². The topological polar surface area (TPSA) is 129 Å². The van der Waals surface area contributed by atoms with E-state index in [-0.39, 0.29) is 42.4 Å². The summed E-state index contributed by atoms with van der Waals surface area (Å²) in [4.78, 5) is 54.6. The van der Waals surface area contributed by atoms with Crippen LogP contribution in [0.4, 0.5) is 0 Å². The predicted molar refractivity (Wildman–Crippen MR) is 147 cm³/mol. The maximum absolute atomic E-state index is 13.3. The maximum Gasteiger partial charge on any atom is 0.255 e. The third kappa shape index (κ3) is 10.3. The average Bonchev–Trinajstić information content (AvgIpc) is 2.83. The third-order valence-corrected chi connectivity index (χ3v) is 6.28. The molecule has 212 valence electrons. The number of para-hydroxylation sites is 1. The minimum atomic E-state index is -1.11. The first-order chi connectivity index (χ1) is 18.0. The van der Waals surface area contributed by atoms with Gasteiger partial charge in [-0.15, -0.1) is 0 Å². The molecule has 3 atom stereocenters. The van der Waals surface area contributed by atoms with Gasteiger partial charge in [-0.3, -0.25) is 19.2 Å². The first kappa shape index (κ1) is 31.1. The number of amides is 4. The van der Waals surface area contributed by atoms with Crippen molar-refractivity contribution in [3.05, 3.63) is 29.8 Å². The summed E-state index contributed by atoms with van der Waals surface area (Å²) in [6, 6.07) is 4.53. The second kappa shape index (κ2) is 15.3. The Hall–Kier alpha value is -3.14. The fraction of sp³-hybridized carbons (Fsp3) is 0.643. The normalized spacial score (nSPS) is 21.2. The first-order valence-corrected chi connectivity index (χ1v) is 13.5. The highest BCUT2D eigenvalue weighted by molar-refractivity contribution is 6.01. The van der Waals surface area contributed by atoms with Crippen LogP contribution in [0.1, 0.15) is 63.7 Å². The number of fused-ring (bicyclic) bond motifs is 1. The SMILES string of the molecule is CC(C)C[C@@H]1COc2ccccc2C(=O)N[C@H](C(=O)NCCCCN(C)C)CC(=O)N[C@H](C(C)C)C(=O)N1. The number of hydrogen-bond acceptors (Lipinski definition) is 6. The highest BCUT2D eigenvalue weighted by Crippen LogP contribution is 2.20. The van der Waals surface area contributed by atoms with Crippen molar-refractivity contribution in [2.24, 2.45) is 11.8 Å². The van der Waals surface area contributed by atoms with Gasteiger partial charge in [0.1, 0.15) is 24.4 Å². The summed E-state index contributed by atoms with van der Waals surface area (Å²) in [5.41, 5.74) is 0.253. The lowest BCUT2D eigenvalue weighted by Gasteiger charge is -2.28. The van der Waals surface area contributed by atoms with E-state index in [1.165, 1.54) is 0 Å². The van der Waals surface area contributed by atoms with E-state index in [9.17, 15) is 19.2 Å². The lowest BCUT2D eigenvalue weighted by molar-refractivity contribution is -0.132. The smallest absolute Gasteiger partial charge is 0.255 e. The van der Waals surface area contributed by atoms with Crippen LogP contribution in [-0.4, -0.2) is 80.4 Å². The standard InChI is InChI=1S/C28H45N5O5/c1-18(2)15-20-17-38-23-12-8-7-11-21(23)26(35)31-22(27(36)29-13-9-10-14-33(5)6)16-24(34)32-25(19(3)4)28(37)30-20/h7-8,11-12,18-20,22,25H,9-10,13-17H2,1-6H3,(H,29,36)(H,30,37)(H,31,35)(H,32,34)/t20-,22+,25-/m1/s1. The number of nitrogens with one attached hydrogen (secondary N) is 4. The Morgan fingerprint density at radius 3 is 2.42 bits per heavy atom. The van der Waals surface area contributed by atoms with E-state index in [0.717, 1.165) is 19.4 Å². The number of carbonyl (C=O) groups excluding carboxylic acids is 4. The van der Waals surface area contributed by atoms with Gasteiger partial charge >= 0.3 is 0 Å². The molecule has 4 N–H and O–H groups in total. The van der Waals surface area contributed by atoms with Crippen LogP contribution < -0.4 is 26.0 Å². The fourth-order valence-corrected chi connectivity index (χ4v) is 4.28. The lowest BCUT2D eigenvalue weighted by Crippen LogP contribution is -2.55. The van der Waals surface area contributed by atoms with Crippen molar-refractivity contribution < 1.29 is 23.9 Å². The molecular formula is C28H45N5O5. The molecule has 0 unspecified atom stereocenters. The van der Waals surface area contributed by atoms with E-state index in [1.807, 2.05) is 41.8 Å². The Kier molecular flexibility index (Phi) is 12.5. The van der Waals surface area contributed by atoms with Gasteiger partial charge in [-0.2, -0.15) is 0 Å². The molecule has 1 aliphatic rings. The molecule has 0 saturated heterocycles. The summed E-state index contributed by atoms with van der Waals surface area (Å²) in [5.74, 6) is -1.32. The van der Waals surface area contributed by atoms with Crippen LogP contribution in [0.5, 0.6) is 5.75 Å². The first-order valence-electron chi connectivity index (χ1n) is 13.5. The molecule has 1 aromatic carbocycles. The number of hydrogen-bond donors (Lipinski definition) is 4. The summed E-state index contributed by atoms with van der Waals surface area (Å²) < 4.78 is 6.02. The number of nitrogens with zero attached hydrogens (tertiary/aromatic N) is 1. The summed E-state index contributed by atoms with van der Waals surface area (Å²) in [5, 5.41) is 11.3. The monoisotopic (exact) mass is 531 g/mol. The second-order valence-corrected chi connectivity index (χ2v) is 11.0. The van der Waals surface area contributed by atoms with Crippen LogP contribution in [-0.2, 0) is 14.4 Å². The molecule has 10 nitrogen and oxygen atoms in total. The molecule has 0 fully saturated rings. The third-order valence-electron chi connectivity index (χ3n) is 6.28. The highest BCUT2D eigenvalue weighted by Gasteiger charge is 2.31. The fourth-order valence-electron chi connectivity index (χ4n) is 4.28. The van der Waals surface area contributed by atoms with Gasteiger partial charge in [0.05, 0.1) is 18.0 Å². The highest BCUT2D eigenvalue weighted by atomic mass is 16.5. The lowest BCUT2D eigenvalue weighted by atomic mass is 10.00. The van der Waals surface area contributed by atoms with E-state index in [1.54, 1.807) is 24.3 Å². The molecule has 2 rings (SSSR count). The van der Waals surface area contributed by atoms with Crippen LogP contribution in [0.25, 0.3) is 0 Å². The van der Waals surface area contributed by atoms with E-state index in [4.69, 9.17) is 4.74 Å². The quantitative estimate of drug-likeness (QED) is 0.359. The summed E-state index contributed by atoms with van der Waals surface area (Å²) >= 11 is 0. The largest absolute Gasteiger partial charge is 0.491 e. The van der Waals surface area contributed by atoms with Crippen molar-refractivity contribution in [1.82, 2.24) is 26.2 Å². The summed E-state index contributed by atoms with van der Waals surface area (Å²) in [7, 11) is 3.97. The van der Waals surface area contributed by atoms with Crippen molar-refractivity contribution in [2.45, 2.75) is 71.5 Å². The van der Waals surface area contributed by atoms with E-state index in [2.05, 4.69) is 26.2 Å². The van der Waals surface area contributed by atoms with Gasteiger partial charge in [-0.1, -0.05) is 39.8 Å². The molecule has 0 bridgehead atoms. The van der Waals surface area contributed by atoms with Crippen LogP contribution in [0.3, 0.4) is 0 Å². The zero-order chi connectivity index (χ0) is 28.2. The number of ether oxygens (including phenoxy) is 1. The Labute approximate surface area is 226 Å². The average molecular weight is 532 g/mol. The molecule has 38 heavy (non-hydrogen) atoms. The molecule has 1 heterocycles. The Balaban J connectivity index is 2.30. The van der Waals surface area contributed by atoms with Crippen LogP contribution >= 0.6 is 0 Å². The molecule has 0 spiro atoms. The van der Waals surface area contributed by atoms with Crippen molar-refractivity contribution in [1.29, 1.82) is 0 Å². The minimum absolute atomic E-state index is 0.157. The van der Waals surface area contributed by atoms with Gasteiger partial charge < -0.3 is 30.9 Å². The van der Waals surface area contributed by atoms with Gasteiger partial charge in [-0.05, 0) is 63.9 Å². The van der Waals surface area contributed by atoms with Gasteiger partial charge in [0, 0.05) is 6.54 Å². The van der Waals surface area contributed by atoms with E-state index >= 15 is 0 Å². The zero-order valence-corrected chi connectivity index (χ0v) is 23.6. The van der Waals surface area contributed by atoms with Gasteiger partial charge in [0.15, 0.2) is 0 Å². The van der Waals surface area contributed by atoms with E-state index < -0.39 is 29.8 Å². The maximum atomic E-state index is 13.3. The minimum Gasteiger partial charge on any atom is -0.491 e. The van der Waals surface area contributed by atoms with Crippen LogP contribution in [0.2, 0.25) is 0 Å². The van der Waals surface area contributed by atoms with Gasteiger partial charge in [0.2, 0.25) is 17.7 Å². The van der Waals surface area contributed by atoms with Crippen molar-refractivity contribution in [3.8, 4) is 5.75 Å². The molecule has 0 radical (unpaired) electrons. The van der Waals surface area contributed by atoms with E-state index in [0.29, 0.717) is 18.7 Å². The molecule has 0 saturated carbocycles. The summed E-state index contributed by atoms with van der Waals surface area (Å²) in [6.07, 6.45) is 2.03. The summed E-state index contributed by atoms with van der Waals surface area (Å²) in [6.45, 7) is 9.27. The predicted octanol–water partition coefficient (Wildman–Crippen LogP) is 1.70. The number of unbranched alkanes of at least 4 members (excludes halogenated alkanes) is 1. The van der Waals surface area contributed by atoms with Gasteiger partial charge in [0.25, 0.3) is 5.91 Å². The van der Waals surface area contributed by atoms with Crippen LogP contribution in [0.15, 0.2) is 24.3 Å². The van der Waals surface area contributed by atoms with Crippen molar-refractivity contribution in [3.63, 3.8) is 0 Å². The number of carbonyl (C=O) groups is 4. The Morgan fingerprint density at radius 2 is 1.76 bits per heavy atom. The molecule has 4 amide bonds. The number of benzene rings is 1. The second-order valence-electron chi connectivity index (χ2n) is 11.0. The van der Waals surface area contributed by atoms with Crippen molar-refractivity contribution >= 4 is 23.6 Å². The molecule has 0 aliphatic carbocycles. The molecule has 1 aliphatic heterocycles. The molecule has 1 aromatic rings. The number of rotatable bonds is 9.